The molecular weight excluding hydrogens is 274 g/mol. The molecule has 1 aromatic carbocycles. The van der Waals surface area contributed by atoms with Crippen LogP contribution in [0.3, 0.4) is 0 Å². The minimum absolute atomic E-state index is 0.163. The Morgan fingerprint density at radius 1 is 1.19 bits per heavy atom. The number of nitrogens with zero attached hydrogens (tertiary/aromatic N) is 1. The number of benzene rings is 1. The number of carbonyl (C=O) groups excluding carboxylic acids is 2. The van der Waals surface area contributed by atoms with E-state index in [9.17, 15) is 9.59 Å². The van der Waals surface area contributed by atoms with Gasteiger partial charge in [0, 0.05) is 27.2 Å². The molecule has 0 aromatic heterocycles. The summed E-state index contributed by atoms with van der Waals surface area (Å²) in [6, 6.07) is 6.79. The summed E-state index contributed by atoms with van der Waals surface area (Å²) in [6.07, 6.45) is -0.906. The third-order valence-electron chi connectivity index (χ3n) is 2.71. The Balaban J connectivity index is 2.46. The molecule has 0 saturated heterocycles. The number of carbonyl (C=O) groups is 2. The fourth-order valence-corrected chi connectivity index (χ4v) is 1.42. The zero-order valence-electron chi connectivity index (χ0n) is 12.5. The highest BCUT2D eigenvalue weighted by Gasteiger charge is 2.10. The molecule has 0 aliphatic heterocycles. The normalized spacial score (nSPS) is 9.86. The first kappa shape index (κ1) is 16.8. The molecule has 0 fully saturated rings. The molecule has 1 rings (SSSR count). The Morgan fingerprint density at radius 3 is 2.43 bits per heavy atom. The zero-order valence-corrected chi connectivity index (χ0v) is 12.5. The van der Waals surface area contributed by atoms with Gasteiger partial charge in [-0.25, -0.2) is 9.59 Å². The molecule has 7 nitrogen and oxygen atoms in total. The molecule has 0 heterocycles. The highest BCUT2D eigenvalue weighted by molar-refractivity contribution is 5.70. The van der Waals surface area contributed by atoms with Gasteiger partial charge >= 0.3 is 12.2 Å². The summed E-state index contributed by atoms with van der Waals surface area (Å²) in [4.78, 5) is 24.2. The molecule has 0 radical (unpaired) electrons. The summed E-state index contributed by atoms with van der Waals surface area (Å²) < 4.78 is 10.1. The summed E-state index contributed by atoms with van der Waals surface area (Å²) in [5.41, 5.74) is 0.807. The van der Waals surface area contributed by atoms with Crippen LogP contribution in [0.15, 0.2) is 24.3 Å². The standard InChI is InChI=1S/C14H21N3O4/c1-15-8-9-17(3)14(19)21-12-6-4-11(5-7-12)10-20-13(18)16-2/h4-7,15H,8-10H2,1-3H3,(H,16,18). The topological polar surface area (TPSA) is 79.9 Å². The van der Waals surface area contributed by atoms with Crippen LogP contribution in [-0.4, -0.2) is 51.3 Å². The van der Waals surface area contributed by atoms with Crippen LogP contribution in [-0.2, 0) is 11.3 Å². The maximum Gasteiger partial charge on any atom is 0.415 e. The van der Waals surface area contributed by atoms with Crippen molar-refractivity contribution in [1.82, 2.24) is 15.5 Å². The van der Waals surface area contributed by atoms with Gasteiger partial charge in [-0.3, -0.25) is 0 Å². The van der Waals surface area contributed by atoms with Crippen molar-refractivity contribution in [3.8, 4) is 5.75 Å². The highest BCUT2D eigenvalue weighted by atomic mass is 16.6. The van der Waals surface area contributed by atoms with Crippen LogP contribution < -0.4 is 15.4 Å². The second-order valence-electron chi connectivity index (χ2n) is 4.36. The van der Waals surface area contributed by atoms with E-state index in [-0.39, 0.29) is 6.61 Å². The molecule has 0 unspecified atom stereocenters. The van der Waals surface area contributed by atoms with Crippen LogP contribution in [0.4, 0.5) is 9.59 Å². The molecule has 0 aliphatic carbocycles. The molecule has 0 spiro atoms. The van der Waals surface area contributed by atoms with Crippen molar-refractivity contribution in [2.75, 3.05) is 34.2 Å². The number of hydrogen-bond acceptors (Lipinski definition) is 5. The lowest BCUT2D eigenvalue weighted by Crippen LogP contribution is -2.34. The van der Waals surface area contributed by atoms with Gasteiger partial charge in [-0.05, 0) is 24.7 Å². The van der Waals surface area contributed by atoms with Crippen LogP contribution in [0, 0.1) is 0 Å². The molecule has 21 heavy (non-hydrogen) atoms. The summed E-state index contributed by atoms with van der Waals surface area (Å²) in [5.74, 6) is 0.444. The van der Waals surface area contributed by atoms with Crippen molar-refractivity contribution < 1.29 is 19.1 Å². The quantitative estimate of drug-likeness (QED) is 0.824. The Kier molecular flexibility index (Phi) is 7.03. The Hall–Kier alpha value is -2.28. The Bertz CT molecular complexity index is 462. The number of ether oxygens (including phenoxy) is 2. The number of amides is 2. The van der Waals surface area contributed by atoms with Gasteiger partial charge in [-0.15, -0.1) is 0 Å². The van der Waals surface area contributed by atoms with Gasteiger partial charge in [0.05, 0.1) is 0 Å². The Morgan fingerprint density at radius 2 is 1.86 bits per heavy atom. The second-order valence-corrected chi connectivity index (χ2v) is 4.36. The van der Waals surface area contributed by atoms with E-state index in [0.717, 1.165) is 5.56 Å². The molecule has 2 amide bonds. The van der Waals surface area contributed by atoms with E-state index in [1.54, 1.807) is 31.3 Å². The van der Waals surface area contributed by atoms with E-state index in [1.807, 2.05) is 7.05 Å². The minimum atomic E-state index is -0.489. The fourth-order valence-electron chi connectivity index (χ4n) is 1.42. The van der Waals surface area contributed by atoms with Crippen molar-refractivity contribution in [3.63, 3.8) is 0 Å². The van der Waals surface area contributed by atoms with Gasteiger partial charge < -0.3 is 25.0 Å². The molecule has 2 N–H and O–H groups in total. The number of alkyl carbamates (subject to hydrolysis) is 1. The van der Waals surface area contributed by atoms with E-state index in [1.165, 1.54) is 11.9 Å². The van der Waals surface area contributed by atoms with Crippen LogP contribution in [0.25, 0.3) is 0 Å². The van der Waals surface area contributed by atoms with Crippen molar-refractivity contribution in [2.45, 2.75) is 6.61 Å². The Labute approximate surface area is 124 Å². The van der Waals surface area contributed by atoms with Crippen LogP contribution in [0.1, 0.15) is 5.56 Å². The summed E-state index contributed by atoms with van der Waals surface area (Å²) in [7, 11) is 4.99. The first-order valence-electron chi connectivity index (χ1n) is 6.57. The molecule has 0 saturated carbocycles. The lowest BCUT2D eigenvalue weighted by atomic mass is 10.2. The SMILES string of the molecule is CNCCN(C)C(=O)Oc1ccc(COC(=O)NC)cc1. The van der Waals surface area contributed by atoms with Gasteiger partial charge in [0.15, 0.2) is 0 Å². The number of hydrogen-bond donors (Lipinski definition) is 2. The van der Waals surface area contributed by atoms with Gasteiger partial charge in [0.25, 0.3) is 0 Å². The van der Waals surface area contributed by atoms with Crippen LogP contribution in [0.2, 0.25) is 0 Å². The average Bonchev–Trinajstić information content (AvgIpc) is 2.51. The second kappa shape index (κ2) is 8.80. The first-order chi connectivity index (χ1) is 10.1. The van der Waals surface area contributed by atoms with E-state index in [0.29, 0.717) is 18.8 Å². The third kappa shape index (κ3) is 6.13. The van der Waals surface area contributed by atoms with E-state index in [4.69, 9.17) is 9.47 Å². The van der Waals surface area contributed by atoms with E-state index >= 15 is 0 Å². The average molecular weight is 295 g/mol. The molecule has 0 aliphatic rings. The number of nitrogens with one attached hydrogen (secondary N) is 2. The summed E-state index contributed by atoms with van der Waals surface area (Å²) in [5, 5.41) is 5.32. The van der Waals surface area contributed by atoms with Crippen LogP contribution in [0.5, 0.6) is 5.75 Å². The fraction of sp³-hybridized carbons (Fsp3) is 0.429. The number of rotatable bonds is 6. The molecule has 7 heteroatoms. The van der Waals surface area contributed by atoms with Gasteiger partial charge in [-0.2, -0.15) is 0 Å². The minimum Gasteiger partial charge on any atom is -0.445 e. The highest BCUT2D eigenvalue weighted by Crippen LogP contribution is 2.13. The largest absolute Gasteiger partial charge is 0.445 e. The van der Waals surface area contributed by atoms with Crippen molar-refractivity contribution >= 4 is 12.2 Å². The van der Waals surface area contributed by atoms with Gasteiger partial charge in [-0.1, -0.05) is 12.1 Å². The molecule has 116 valence electrons. The first-order valence-corrected chi connectivity index (χ1v) is 6.57. The third-order valence-corrected chi connectivity index (χ3v) is 2.71. The summed E-state index contributed by atoms with van der Waals surface area (Å²) >= 11 is 0. The molecule has 0 atom stereocenters. The summed E-state index contributed by atoms with van der Waals surface area (Å²) in [6.45, 7) is 1.42. The van der Waals surface area contributed by atoms with Gasteiger partial charge in [0.1, 0.15) is 12.4 Å². The lowest BCUT2D eigenvalue weighted by Gasteiger charge is -2.16. The van der Waals surface area contributed by atoms with Crippen molar-refractivity contribution in [1.29, 1.82) is 0 Å². The monoisotopic (exact) mass is 295 g/mol. The molecular formula is C14H21N3O4. The van der Waals surface area contributed by atoms with Crippen LogP contribution >= 0.6 is 0 Å². The van der Waals surface area contributed by atoms with Crippen molar-refractivity contribution in [3.05, 3.63) is 29.8 Å². The predicted octanol–water partition coefficient (Wildman–Crippen LogP) is 1.19. The molecule has 1 aromatic rings. The van der Waals surface area contributed by atoms with Crippen molar-refractivity contribution in [2.24, 2.45) is 0 Å². The number of likely N-dealkylation sites (N-methyl/N-ethyl adjacent to an activating group) is 2. The zero-order chi connectivity index (χ0) is 15.7. The van der Waals surface area contributed by atoms with E-state index < -0.39 is 12.2 Å². The van der Waals surface area contributed by atoms with Gasteiger partial charge in [0.2, 0.25) is 0 Å². The van der Waals surface area contributed by atoms with E-state index in [2.05, 4.69) is 10.6 Å². The lowest BCUT2D eigenvalue weighted by molar-refractivity contribution is 0.142. The maximum atomic E-state index is 11.8. The predicted molar refractivity (Wildman–Crippen MR) is 78.3 cm³/mol. The smallest absolute Gasteiger partial charge is 0.415 e. The molecule has 0 bridgehead atoms. The maximum absolute atomic E-state index is 11.8.